The number of ether oxygens (including phenoxy) is 2. The fraction of sp³-hybridized carbons (Fsp3) is 0.188. The Hall–Kier alpha value is -3.34. The second kappa shape index (κ2) is 8.36. The van der Waals surface area contributed by atoms with E-state index >= 15 is 0 Å². The maximum atomic E-state index is 12.2. The number of nitro groups is 1. The van der Waals surface area contributed by atoms with Crippen LogP contribution in [0.1, 0.15) is 12.5 Å². The molecule has 2 rings (SSSR count). The van der Waals surface area contributed by atoms with Gasteiger partial charge in [0.25, 0.3) is 10.0 Å². The summed E-state index contributed by atoms with van der Waals surface area (Å²) in [4.78, 5) is 12.1. The topological polar surface area (TPSA) is 140 Å². The largest absolute Gasteiger partial charge is 0.500 e. The van der Waals surface area contributed by atoms with Gasteiger partial charge in [0.1, 0.15) is 5.75 Å². The molecule has 0 aliphatic carbocycles. The van der Waals surface area contributed by atoms with Crippen molar-refractivity contribution in [1.29, 1.82) is 0 Å². The summed E-state index contributed by atoms with van der Waals surface area (Å²) in [5, 5.41) is 24.3. The molecular formula is C16H17N3O7S. The lowest BCUT2D eigenvalue weighted by Crippen LogP contribution is -2.18. The van der Waals surface area contributed by atoms with E-state index in [1.165, 1.54) is 37.4 Å². The molecule has 0 aromatic heterocycles. The van der Waals surface area contributed by atoms with Crippen molar-refractivity contribution in [1.82, 2.24) is 4.83 Å². The summed E-state index contributed by atoms with van der Waals surface area (Å²) in [5.41, 5.74) is -0.434. The Labute approximate surface area is 155 Å². The molecule has 0 saturated heterocycles. The SMILES string of the molecule is CCOc1ccc(S(=O)(=O)N/N=C\c2cc(OC)c(O)c([N+](=O)[O-])c2)cc1. The van der Waals surface area contributed by atoms with Gasteiger partial charge in [-0.2, -0.15) is 13.5 Å². The lowest BCUT2D eigenvalue weighted by Gasteiger charge is -2.06. The molecule has 0 bridgehead atoms. The molecule has 10 nitrogen and oxygen atoms in total. The van der Waals surface area contributed by atoms with Crippen molar-refractivity contribution in [2.75, 3.05) is 13.7 Å². The van der Waals surface area contributed by atoms with Gasteiger partial charge < -0.3 is 14.6 Å². The Morgan fingerprint density at radius 3 is 2.52 bits per heavy atom. The number of hydrogen-bond acceptors (Lipinski definition) is 8. The Balaban J connectivity index is 2.20. The predicted octanol–water partition coefficient (Wildman–Crippen LogP) is 2.02. The molecule has 0 aliphatic rings. The van der Waals surface area contributed by atoms with E-state index in [1.54, 1.807) is 0 Å². The van der Waals surface area contributed by atoms with E-state index in [-0.39, 0.29) is 16.2 Å². The van der Waals surface area contributed by atoms with Gasteiger partial charge in [-0.25, -0.2) is 4.83 Å². The number of nitro benzene ring substituents is 1. The predicted molar refractivity (Wildman–Crippen MR) is 96.8 cm³/mol. The molecule has 27 heavy (non-hydrogen) atoms. The molecule has 2 aromatic carbocycles. The molecule has 144 valence electrons. The number of nitrogens with zero attached hydrogens (tertiary/aromatic N) is 2. The van der Waals surface area contributed by atoms with Crippen LogP contribution in [0, 0.1) is 10.1 Å². The third kappa shape index (κ3) is 4.85. The third-order valence-corrected chi connectivity index (χ3v) is 4.56. The lowest BCUT2D eigenvalue weighted by atomic mass is 10.2. The molecule has 0 saturated carbocycles. The molecule has 0 aliphatic heterocycles. The van der Waals surface area contributed by atoms with Gasteiger partial charge in [-0.1, -0.05) is 0 Å². The average Bonchev–Trinajstić information content (AvgIpc) is 2.63. The van der Waals surface area contributed by atoms with Crippen molar-refractivity contribution in [2.24, 2.45) is 5.10 Å². The van der Waals surface area contributed by atoms with Gasteiger partial charge in [0.2, 0.25) is 5.75 Å². The lowest BCUT2D eigenvalue weighted by molar-refractivity contribution is -0.386. The first-order valence-electron chi connectivity index (χ1n) is 7.61. The maximum absolute atomic E-state index is 12.2. The van der Waals surface area contributed by atoms with Gasteiger partial charge >= 0.3 is 5.69 Å². The zero-order valence-corrected chi connectivity index (χ0v) is 15.3. The van der Waals surface area contributed by atoms with Gasteiger partial charge in [0, 0.05) is 11.6 Å². The van der Waals surface area contributed by atoms with Crippen LogP contribution in [0.3, 0.4) is 0 Å². The zero-order valence-electron chi connectivity index (χ0n) is 14.4. The van der Waals surface area contributed by atoms with Crippen molar-refractivity contribution < 1.29 is 27.9 Å². The Kier molecular flexibility index (Phi) is 6.19. The number of nitrogens with one attached hydrogen (secondary N) is 1. The Morgan fingerprint density at radius 1 is 1.30 bits per heavy atom. The van der Waals surface area contributed by atoms with Gasteiger partial charge in [-0.05, 0) is 37.3 Å². The second-order valence-corrected chi connectivity index (χ2v) is 6.77. The van der Waals surface area contributed by atoms with Crippen LogP contribution in [0.5, 0.6) is 17.2 Å². The highest BCUT2D eigenvalue weighted by Gasteiger charge is 2.19. The summed E-state index contributed by atoms with van der Waals surface area (Å²) in [6, 6.07) is 8.05. The van der Waals surface area contributed by atoms with E-state index in [2.05, 4.69) is 5.10 Å². The molecule has 0 spiro atoms. The molecule has 2 N–H and O–H groups in total. The maximum Gasteiger partial charge on any atom is 0.315 e. The smallest absolute Gasteiger partial charge is 0.315 e. The monoisotopic (exact) mass is 395 g/mol. The minimum atomic E-state index is -3.93. The number of phenolic OH excluding ortho intramolecular Hbond substituents is 1. The molecule has 0 unspecified atom stereocenters. The first-order valence-corrected chi connectivity index (χ1v) is 9.10. The summed E-state index contributed by atoms with van der Waals surface area (Å²) in [5.74, 6) is -0.238. The minimum Gasteiger partial charge on any atom is -0.500 e. The molecule has 2 aromatic rings. The normalized spacial score (nSPS) is 11.3. The molecule has 0 amide bonds. The van der Waals surface area contributed by atoms with E-state index in [1.807, 2.05) is 11.8 Å². The number of hydrogen-bond donors (Lipinski definition) is 2. The van der Waals surface area contributed by atoms with E-state index in [9.17, 15) is 23.6 Å². The minimum absolute atomic E-state index is 0.0302. The molecular weight excluding hydrogens is 378 g/mol. The van der Waals surface area contributed by atoms with Gasteiger partial charge in [-0.3, -0.25) is 10.1 Å². The number of phenols is 1. The summed E-state index contributed by atoms with van der Waals surface area (Å²) in [6.07, 6.45) is 1.06. The number of aromatic hydroxyl groups is 1. The highest BCUT2D eigenvalue weighted by molar-refractivity contribution is 7.89. The van der Waals surface area contributed by atoms with Crippen LogP contribution in [0.2, 0.25) is 0 Å². The number of hydrazone groups is 1. The summed E-state index contributed by atoms with van der Waals surface area (Å²) in [6.45, 7) is 2.26. The summed E-state index contributed by atoms with van der Waals surface area (Å²) in [7, 11) is -2.70. The van der Waals surface area contributed by atoms with Crippen molar-refractivity contribution in [2.45, 2.75) is 11.8 Å². The summed E-state index contributed by atoms with van der Waals surface area (Å²) < 4.78 is 34.5. The number of methoxy groups -OCH3 is 1. The van der Waals surface area contributed by atoms with Crippen molar-refractivity contribution in [3.05, 3.63) is 52.1 Å². The van der Waals surface area contributed by atoms with Crippen LogP contribution in [-0.4, -0.2) is 38.4 Å². The molecule has 0 fully saturated rings. The van der Waals surface area contributed by atoms with Gasteiger partial charge in [0.05, 0.1) is 29.8 Å². The standard InChI is InChI=1S/C16H17N3O7S/c1-3-26-12-4-6-13(7-5-12)27(23,24)18-17-10-11-8-14(19(21)22)16(20)15(9-11)25-2/h4-10,18,20H,3H2,1-2H3/b17-10-. The van der Waals surface area contributed by atoms with Gasteiger partial charge in [0.15, 0.2) is 5.75 Å². The van der Waals surface area contributed by atoms with Gasteiger partial charge in [-0.15, -0.1) is 0 Å². The molecule has 0 radical (unpaired) electrons. The highest BCUT2D eigenvalue weighted by Crippen LogP contribution is 2.36. The first kappa shape index (κ1) is 20.0. The zero-order chi connectivity index (χ0) is 20.0. The second-order valence-electron chi connectivity index (χ2n) is 5.11. The molecule has 0 heterocycles. The quantitative estimate of drug-likeness (QED) is 0.396. The third-order valence-electron chi connectivity index (χ3n) is 3.33. The molecule has 11 heteroatoms. The van der Waals surface area contributed by atoms with Crippen LogP contribution >= 0.6 is 0 Å². The van der Waals surface area contributed by atoms with Crippen LogP contribution in [0.15, 0.2) is 46.4 Å². The highest BCUT2D eigenvalue weighted by atomic mass is 32.2. The number of benzene rings is 2. The van der Waals surface area contributed by atoms with E-state index in [0.717, 1.165) is 12.3 Å². The van der Waals surface area contributed by atoms with Crippen molar-refractivity contribution in [3.63, 3.8) is 0 Å². The molecule has 0 atom stereocenters. The van der Waals surface area contributed by atoms with Crippen LogP contribution in [0.25, 0.3) is 0 Å². The Morgan fingerprint density at radius 2 is 1.96 bits per heavy atom. The average molecular weight is 395 g/mol. The first-order chi connectivity index (χ1) is 12.8. The number of sulfonamides is 1. The van der Waals surface area contributed by atoms with Crippen molar-refractivity contribution in [3.8, 4) is 17.2 Å². The fourth-order valence-corrected chi connectivity index (χ4v) is 2.88. The number of rotatable bonds is 8. The van der Waals surface area contributed by atoms with Crippen LogP contribution in [-0.2, 0) is 10.0 Å². The van der Waals surface area contributed by atoms with Crippen LogP contribution < -0.4 is 14.3 Å². The van der Waals surface area contributed by atoms with Crippen LogP contribution in [0.4, 0.5) is 5.69 Å². The summed E-state index contributed by atoms with van der Waals surface area (Å²) >= 11 is 0. The van der Waals surface area contributed by atoms with E-state index in [0.29, 0.717) is 12.4 Å². The van der Waals surface area contributed by atoms with E-state index < -0.39 is 26.4 Å². The van der Waals surface area contributed by atoms with Crippen molar-refractivity contribution >= 4 is 21.9 Å². The Bertz CT molecular complexity index is 957. The fourth-order valence-electron chi connectivity index (χ4n) is 2.09. The van der Waals surface area contributed by atoms with E-state index in [4.69, 9.17) is 9.47 Å².